The van der Waals surface area contributed by atoms with Crippen LogP contribution in [0.25, 0.3) is 22.3 Å². The Kier molecular flexibility index (Phi) is 4.10. The van der Waals surface area contributed by atoms with Crippen molar-refractivity contribution in [2.45, 2.75) is 6.61 Å². The van der Waals surface area contributed by atoms with Crippen molar-refractivity contribution in [1.29, 1.82) is 0 Å². The second-order valence-electron chi connectivity index (χ2n) is 5.62. The number of methoxy groups -OCH3 is 1. The van der Waals surface area contributed by atoms with Crippen molar-refractivity contribution in [3.63, 3.8) is 0 Å². The van der Waals surface area contributed by atoms with Gasteiger partial charge in [-0.05, 0) is 12.1 Å². The number of para-hydroxylation sites is 1. The summed E-state index contributed by atoms with van der Waals surface area (Å²) in [6, 6.07) is 19.8. The predicted molar refractivity (Wildman–Crippen MR) is 97.6 cm³/mol. The van der Waals surface area contributed by atoms with Gasteiger partial charge < -0.3 is 10.1 Å². The van der Waals surface area contributed by atoms with E-state index in [1.54, 1.807) is 7.11 Å². The Morgan fingerprint density at radius 3 is 2.64 bits per heavy atom. The molecule has 2 N–H and O–H groups in total. The molecule has 4 rings (SSSR count). The van der Waals surface area contributed by atoms with Gasteiger partial charge in [0.15, 0.2) is 11.6 Å². The highest BCUT2D eigenvalue weighted by atomic mass is 16.5. The van der Waals surface area contributed by atoms with E-state index < -0.39 is 0 Å². The molecule has 0 spiro atoms. The fraction of sp³-hybridized carbons (Fsp3) is 0.105. The summed E-state index contributed by atoms with van der Waals surface area (Å²) in [6.45, 7) is 0.481. The first-order valence-electron chi connectivity index (χ1n) is 7.96. The van der Waals surface area contributed by atoms with Crippen LogP contribution >= 0.6 is 0 Å². The average Bonchev–Trinajstić information content (AvgIpc) is 3.10. The molecular formula is C19H17N5O. The van der Waals surface area contributed by atoms with Gasteiger partial charge in [0.2, 0.25) is 0 Å². The van der Waals surface area contributed by atoms with Gasteiger partial charge in [-0.15, -0.1) is 0 Å². The van der Waals surface area contributed by atoms with E-state index in [9.17, 15) is 0 Å². The van der Waals surface area contributed by atoms with Crippen molar-refractivity contribution in [2.24, 2.45) is 0 Å². The summed E-state index contributed by atoms with van der Waals surface area (Å²) < 4.78 is 5.11. The number of rotatable bonds is 5. The molecular weight excluding hydrogens is 314 g/mol. The summed E-state index contributed by atoms with van der Waals surface area (Å²) in [7, 11) is 1.65. The number of hydrogen-bond acceptors (Lipinski definition) is 5. The fourth-order valence-electron chi connectivity index (χ4n) is 2.66. The first-order valence-corrected chi connectivity index (χ1v) is 7.96. The average molecular weight is 331 g/mol. The van der Waals surface area contributed by atoms with E-state index in [4.69, 9.17) is 9.72 Å². The van der Waals surface area contributed by atoms with E-state index in [2.05, 4.69) is 20.5 Å². The van der Waals surface area contributed by atoms with Crippen LogP contribution in [0.15, 0.2) is 60.7 Å². The number of aromatic amines is 1. The Hall–Kier alpha value is -3.25. The number of hydrogen-bond donors (Lipinski definition) is 2. The van der Waals surface area contributed by atoms with E-state index in [0.29, 0.717) is 18.2 Å². The van der Waals surface area contributed by atoms with E-state index >= 15 is 0 Å². The van der Waals surface area contributed by atoms with Crippen molar-refractivity contribution in [3.8, 4) is 11.4 Å². The first-order chi connectivity index (χ1) is 12.3. The number of anilines is 2. The van der Waals surface area contributed by atoms with Crippen LogP contribution < -0.4 is 5.32 Å². The molecule has 0 aliphatic rings. The highest BCUT2D eigenvalue weighted by Crippen LogP contribution is 2.26. The van der Waals surface area contributed by atoms with Gasteiger partial charge in [0.1, 0.15) is 5.82 Å². The summed E-state index contributed by atoms with van der Waals surface area (Å²) in [4.78, 5) is 9.40. The minimum Gasteiger partial charge on any atom is -0.378 e. The summed E-state index contributed by atoms with van der Waals surface area (Å²) in [5.74, 6) is 2.09. The molecule has 0 radical (unpaired) electrons. The Bertz CT molecular complexity index is 997. The molecule has 0 saturated heterocycles. The lowest BCUT2D eigenvalue weighted by Crippen LogP contribution is -1.99. The number of benzene rings is 2. The summed E-state index contributed by atoms with van der Waals surface area (Å²) in [6.07, 6.45) is 0. The van der Waals surface area contributed by atoms with Crippen LogP contribution in [0.3, 0.4) is 0 Å². The van der Waals surface area contributed by atoms with Crippen LogP contribution in [0.2, 0.25) is 0 Å². The number of ether oxygens (including phenoxy) is 1. The predicted octanol–water partition coefficient (Wildman–Crippen LogP) is 3.91. The Morgan fingerprint density at radius 1 is 1.00 bits per heavy atom. The molecule has 2 heterocycles. The quantitative estimate of drug-likeness (QED) is 0.580. The lowest BCUT2D eigenvalue weighted by atomic mass is 10.2. The molecule has 0 saturated carbocycles. The van der Waals surface area contributed by atoms with Crippen LogP contribution in [0.4, 0.5) is 11.6 Å². The molecule has 124 valence electrons. The monoisotopic (exact) mass is 331 g/mol. The molecule has 2 aromatic heterocycles. The van der Waals surface area contributed by atoms with Crippen molar-refractivity contribution in [3.05, 3.63) is 66.4 Å². The zero-order valence-corrected chi connectivity index (χ0v) is 13.7. The molecule has 0 aliphatic carbocycles. The molecule has 4 aromatic rings. The van der Waals surface area contributed by atoms with Crippen molar-refractivity contribution >= 4 is 22.5 Å². The lowest BCUT2D eigenvalue weighted by molar-refractivity contribution is 0.181. The summed E-state index contributed by atoms with van der Waals surface area (Å²) in [5.41, 5.74) is 2.75. The van der Waals surface area contributed by atoms with Crippen LogP contribution in [0.5, 0.6) is 0 Å². The molecule has 25 heavy (non-hydrogen) atoms. The van der Waals surface area contributed by atoms with Crippen LogP contribution in [-0.2, 0) is 11.3 Å². The number of nitrogens with one attached hydrogen (secondary N) is 2. The van der Waals surface area contributed by atoms with E-state index in [-0.39, 0.29) is 0 Å². The van der Waals surface area contributed by atoms with Gasteiger partial charge in [0.25, 0.3) is 0 Å². The normalized spacial score (nSPS) is 10.9. The third-order valence-electron chi connectivity index (χ3n) is 3.81. The molecule has 2 aromatic carbocycles. The maximum Gasteiger partial charge on any atom is 0.162 e. The van der Waals surface area contributed by atoms with E-state index in [1.807, 2.05) is 60.7 Å². The highest BCUT2D eigenvalue weighted by molar-refractivity contribution is 5.91. The third kappa shape index (κ3) is 3.20. The molecule has 0 unspecified atom stereocenters. The van der Waals surface area contributed by atoms with Gasteiger partial charge in [-0.3, -0.25) is 5.10 Å². The first kappa shape index (κ1) is 15.3. The molecule has 0 bridgehead atoms. The summed E-state index contributed by atoms with van der Waals surface area (Å²) >= 11 is 0. The van der Waals surface area contributed by atoms with Crippen molar-refractivity contribution in [1.82, 2.24) is 20.2 Å². The number of nitrogens with zero attached hydrogens (tertiary/aromatic N) is 3. The second-order valence-corrected chi connectivity index (χ2v) is 5.62. The van der Waals surface area contributed by atoms with Gasteiger partial charge >= 0.3 is 0 Å². The lowest BCUT2D eigenvalue weighted by Gasteiger charge is -2.09. The molecule has 0 atom stereocenters. The van der Waals surface area contributed by atoms with Gasteiger partial charge in [-0.1, -0.05) is 42.5 Å². The number of fused-ring (bicyclic) bond motifs is 1. The van der Waals surface area contributed by atoms with Crippen LogP contribution in [0.1, 0.15) is 5.69 Å². The fourth-order valence-corrected chi connectivity index (χ4v) is 2.66. The van der Waals surface area contributed by atoms with E-state index in [1.165, 1.54) is 0 Å². The Morgan fingerprint density at radius 2 is 1.80 bits per heavy atom. The van der Waals surface area contributed by atoms with Gasteiger partial charge in [0.05, 0.1) is 17.8 Å². The van der Waals surface area contributed by atoms with Crippen LogP contribution in [0, 0.1) is 0 Å². The van der Waals surface area contributed by atoms with Crippen LogP contribution in [-0.4, -0.2) is 27.3 Å². The molecule has 0 amide bonds. The largest absolute Gasteiger partial charge is 0.378 e. The van der Waals surface area contributed by atoms with Gasteiger partial charge in [-0.25, -0.2) is 9.97 Å². The third-order valence-corrected chi connectivity index (χ3v) is 3.81. The minimum absolute atomic E-state index is 0.481. The smallest absolute Gasteiger partial charge is 0.162 e. The Balaban J connectivity index is 1.78. The van der Waals surface area contributed by atoms with Crippen molar-refractivity contribution in [2.75, 3.05) is 12.4 Å². The highest BCUT2D eigenvalue weighted by Gasteiger charge is 2.10. The van der Waals surface area contributed by atoms with Gasteiger partial charge in [-0.2, -0.15) is 5.10 Å². The van der Waals surface area contributed by atoms with Crippen molar-refractivity contribution < 1.29 is 4.74 Å². The second kappa shape index (κ2) is 6.70. The zero-order valence-electron chi connectivity index (χ0n) is 13.7. The Labute approximate surface area is 144 Å². The van der Waals surface area contributed by atoms with Gasteiger partial charge in [0, 0.05) is 24.1 Å². The standard InChI is InChI=1S/C19H17N5O/c1-25-12-14-11-17(24-23-14)21-19-15-9-5-6-10-16(15)20-18(22-19)13-7-3-2-4-8-13/h2-11H,12H2,1H3,(H2,20,21,22,23,24). The zero-order chi connectivity index (χ0) is 17.1. The topological polar surface area (TPSA) is 75.7 Å². The van der Waals surface area contributed by atoms with E-state index in [0.717, 1.165) is 28.0 Å². The maximum absolute atomic E-state index is 5.11. The summed E-state index contributed by atoms with van der Waals surface area (Å²) in [5, 5.41) is 11.4. The SMILES string of the molecule is COCc1cc(Nc2nc(-c3ccccc3)nc3ccccc23)n[nH]1. The minimum atomic E-state index is 0.481. The molecule has 6 heteroatoms. The number of aromatic nitrogens is 4. The maximum atomic E-state index is 5.11. The number of H-pyrrole nitrogens is 1. The molecule has 0 aliphatic heterocycles. The molecule has 6 nitrogen and oxygen atoms in total. The molecule has 0 fully saturated rings.